The lowest BCUT2D eigenvalue weighted by Crippen LogP contribution is -2.31. The van der Waals surface area contributed by atoms with Gasteiger partial charge in [-0.25, -0.2) is 9.37 Å². The van der Waals surface area contributed by atoms with E-state index in [1.807, 2.05) is 37.3 Å². The van der Waals surface area contributed by atoms with Crippen LogP contribution in [0.1, 0.15) is 51.8 Å². The number of benzene rings is 2. The van der Waals surface area contributed by atoms with E-state index >= 15 is 0 Å². The molecule has 2 heterocycles. The first kappa shape index (κ1) is 24.3. The average molecular weight is 487 g/mol. The molecule has 0 fully saturated rings. The molecule has 9 nitrogen and oxygen atoms in total. The van der Waals surface area contributed by atoms with Crippen LogP contribution in [0, 0.1) is 17.1 Å². The monoisotopic (exact) mass is 487 g/mol. The topological polar surface area (TPSA) is 123 Å². The highest BCUT2D eigenvalue weighted by Crippen LogP contribution is 2.39. The number of anilines is 1. The van der Waals surface area contributed by atoms with Crippen molar-refractivity contribution < 1.29 is 18.4 Å². The third kappa shape index (κ3) is 4.59. The minimum Gasteiger partial charge on any atom is -0.489 e. The molecule has 0 aliphatic carbocycles. The summed E-state index contributed by atoms with van der Waals surface area (Å²) < 4.78 is 25.2. The first-order chi connectivity index (χ1) is 17.3. The van der Waals surface area contributed by atoms with E-state index in [-0.39, 0.29) is 28.5 Å². The number of halogens is 1. The minimum atomic E-state index is -0.683. The Kier molecular flexibility index (Phi) is 6.92. The van der Waals surface area contributed by atoms with E-state index in [4.69, 9.17) is 9.26 Å². The molecule has 36 heavy (non-hydrogen) atoms. The second kappa shape index (κ2) is 10.2. The van der Waals surface area contributed by atoms with Gasteiger partial charge in [0.15, 0.2) is 5.69 Å². The molecule has 0 saturated heterocycles. The number of nitrogens with one attached hydrogen (secondary N) is 1. The maximum atomic E-state index is 13.9. The molecule has 0 saturated carbocycles. The smallest absolute Gasteiger partial charge is 0.296 e. The van der Waals surface area contributed by atoms with Gasteiger partial charge in [-0.3, -0.25) is 14.2 Å². The van der Waals surface area contributed by atoms with Crippen molar-refractivity contribution in [1.29, 1.82) is 5.26 Å². The zero-order valence-corrected chi connectivity index (χ0v) is 19.7. The third-order valence-electron chi connectivity index (χ3n) is 5.93. The van der Waals surface area contributed by atoms with Crippen LogP contribution in [0.15, 0.2) is 70.3 Å². The van der Waals surface area contributed by atoms with Gasteiger partial charge in [-0.1, -0.05) is 48.5 Å². The van der Waals surface area contributed by atoms with Gasteiger partial charge < -0.3 is 14.6 Å². The summed E-state index contributed by atoms with van der Waals surface area (Å²) in [5.74, 6) is -2.16. The van der Waals surface area contributed by atoms with E-state index in [1.165, 1.54) is 43.3 Å². The third-order valence-corrected chi connectivity index (χ3v) is 5.93. The zero-order valence-electron chi connectivity index (χ0n) is 19.7. The Labute approximate surface area is 205 Å². The van der Waals surface area contributed by atoms with Crippen LogP contribution in [-0.2, 0) is 7.05 Å². The number of carbonyl (C=O) groups excluding carboxylic acids is 1. The molecule has 2 aromatic heterocycles. The van der Waals surface area contributed by atoms with Crippen LogP contribution in [0.5, 0.6) is 5.75 Å². The summed E-state index contributed by atoms with van der Waals surface area (Å²) in [5, 5.41) is 15.8. The molecule has 2 aromatic carbocycles. The number of ether oxygens (including phenoxy) is 1. The number of nitriles is 1. The lowest BCUT2D eigenvalue weighted by atomic mass is 9.79. The van der Waals surface area contributed by atoms with E-state index in [0.717, 1.165) is 5.56 Å². The number of nitrogens with zero attached hydrogens (tertiary/aromatic N) is 4. The summed E-state index contributed by atoms with van der Waals surface area (Å²) in [6.07, 6.45) is 2.54. The van der Waals surface area contributed by atoms with Crippen molar-refractivity contribution >= 4 is 11.6 Å². The van der Waals surface area contributed by atoms with Gasteiger partial charge in [0.25, 0.3) is 11.5 Å². The molecule has 0 bridgehead atoms. The highest BCUT2D eigenvalue weighted by molar-refractivity contribution is 6.04. The van der Waals surface area contributed by atoms with Crippen LogP contribution >= 0.6 is 0 Å². The molecule has 2 atom stereocenters. The number of carbonyl (C=O) groups is 1. The van der Waals surface area contributed by atoms with Crippen molar-refractivity contribution in [3.8, 4) is 11.8 Å². The molecular formula is C26H22FN5O4. The summed E-state index contributed by atoms with van der Waals surface area (Å²) in [6, 6.07) is 15.4. The van der Waals surface area contributed by atoms with Crippen molar-refractivity contribution in [3.05, 3.63) is 105 Å². The van der Waals surface area contributed by atoms with E-state index in [1.54, 1.807) is 6.07 Å². The Morgan fingerprint density at radius 3 is 2.64 bits per heavy atom. The maximum Gasteiger partial charge on any atom is 0.296 e. The standard InChI is InChI=1S/C26H22FN5O4/c1-15(21(16-7-5-4-6-8-16)20-10-9-18(27)11-17(20)12-28)24-31-22(23(35-3)26(34)32(24)2)25(33)30-19-13-29-36-14-19/h4-11,13-15,21H,1-3H3,(H,30,33). The number of hydrogen-bond acceptors (Lipinski definition) is 7. The molecule has 182 valence electrons. The average Bonchev–Trinajstić information content (AvgIpc) is 3.40. The van der Waals surface area contributed by atoms with Gasteiger partial charge in [0.1, 0.15) is 23.6 Å². The molecule has 4 aromatic rings. The number of rotatable bonds is 7. The van der Waals surface area contributed by atoms with Gasteiger partial charge in [-0.05, 0) is 23.3 Å². The van der Waals surface area contributed by atoms with Crippen LogP contribution in [0.2, 0.25) is 0 Å². The largest absolute Gasteiger partial charge is 0.489 e. The second-order valence-electron chi connectivity index (χ2n) is 8.10. The molecule has 0 aliphatic heterocycles. The predicted octanol–water partition coefficient (Wildman–Crippen LogP) is 3.98. The van der Waals surface area contributed by atoms with Gasteiger partial charge in [0.2, 0.25) is 5.75 Å². The van der Waals surface area contributed by atoms with Crippen LogP contribution in [-0.4, -0.2) is 27.7 Å². The maximum absolute atomic E-state index is 13.9. The van der Waals surface area contributed by atoms with Gasteiger partial charge in [-0.15, -0.1) is 0 Å². The fourth-order valence-corrected chi connectivity index (χ4v) is 4.24. The van der Waals surface area contributed by atoms with Crippen LogP contribution in [0.4, 0.5) is 10.1 Å². The Balaban J connectivity index is 1.89. The highest BCUT2D eigenvalue weighted by atomic mass is 19.1. The highest BCUT2D eigenvalue weighted by Gasteiger charge is 2.31. The Morgan fingerprint density at radius 2 is 2.00 bits per heavy atom. The lowest BCUT2D eigenvalue weighted by Gasteiger charge is -2.27. The minimum absolute atomic E-state index is 0.166. The van der Waals surface area contributed by atoms with Gasteiger partial charge >= 0.3 is 0 Å². The summed E-state index contributed by atoms with van der Waals surface area (Å²) >= 11 is 0. The predicted molar refractivity (Wildman–Crippen MR) is 128 cm³/mol. The van der Waals surface area contributed by atoms with Crippen LogP contribution in [0.25, 0.3) is 0 Å². The summed E-state index contributed by atoms with van der Waals surface area (Å²) in [4.78, 5) is 30.8. The molecule has 2 unspecified atom stereocenters. The molecule has 1 amide bonds. The Morgan fingerprint density at radius 1 is 1.25 bits per heavy atom. The van der Waals surface area contributed by atoms with Crippen molar-refractivity contribution in [2.75, 3.05) is 12.4 Å². The van der Waals surface area contributed by atoms with Gasteiger partial charge in [-0.2, -0.15) is 5.26 Å². The summed E-state index contributed by atoms with van der Waals surface area (Å²) in [5.41, 5.74) is 1.07. The molecular weight excluding hydrogens is 465 g/mol. The number of amides is 1. The van der Waals surface area contributed by atoms with E-state index in [9.17, 15) is 19.2 Å². The van der Waals surface area contributed by atoms with E-state index in [0.29, 0.717) is 5.56 Å². The molecule has 0 spiro atoms. The first-order valence-electron chi connectivity index (χ1n) is 11.0. The molecule has 1 N–H and O–H groups in total. The summed E-state index contributed by atoms with van der Waals surface area (Å²) in [6.45, 7) is 1.83. The SMILES string of the molecule is COc1c(C(=O)Nc2cnoc2)nc(C(C)C(c2ccccc2)c2ccc(F)cc2C#N)n(C)c1=O. The normalized spacial score (nSPS) is 12.4. The van der Waals surface area contributed by atoms with Crippen molar-refractivity contribution in [2.24, 2.45) is 7.05 Å². The van der Waals surface area contributed by atoms with Crippen LogP contribution in [0.3, 0.4) is 0 Å². The fraction of sp³-hybridized carbons (Fsp3) is 0.192. The summed E-state index contributed by atoms with van der Waals surface area (Å²) in [7, 11) is 2.81. The zero-order chi connectivity index (χ0) is 25.8. The van der Waals surface area contributed by atoms with Crippen molar-refractivity contribution in [2.45, 2.75) is 18.8 Å². The number of aromatic nitrogens is 3. The second-order valence-corrected chi connectivity index (χ2v) is 8.10. The van der Waals surface area contributed by atoms with E-state index in [2.05, 4.69) is 21.5 Å². The Hall–Kier alpha value is -4.78. The molecule has 0 aliphatic rings. The van der Waals surface area contributed by atoms with E-state index < -0.39 is 29.1 Å². The fourth-order valence-electron chi connectivity index (χ4n) is 4.24. The van der Waals surface area contributed by atoms with Gasteiger partial charge in [0, 0.05) is 18.9 Å². The molecule has 10 heteroatoms. The first-order valence-corrected chi connectivity index (χ1v) is 11.0. The lowest BCUT2D eigenvalue weighted by molar-refractivity contribution is 0.101. The van der Waals surface area contributed by atoms with Crippen molar-refractivity contribution in [3.63, 3.8) is 0 Å². The van der Waals surface area contributed by atoms with Crippen LogP contribution < -0.4 is 15.6 Å². The number of methoxy groups -OCH3 is 1. The number of hydrogen-bond donors (Lipinski definition) is 1. The quantitative estimate of drug-likeness (QED) is 0.418. The molecule has 0 radical (unpaired) electrons. The van der Waals surface area contributed by atoms with Gasteiger partial charge in [0.05, 0.1) is 24.9 Å². The van der Waals surface area contributed by atoms with Crippen molar-refractivity contribution in [1.82, 2.24) is 14.7 Å². The molecule has 4 rings (SSSR count). The Bertz CT molecular complexity index is 1490.